The number of aromatic hydroxyl groups is 2. The summed E-state index contributed by atoms with van der Waals surface area (Å²) in [7, 11) is -8.77. The van der Waals surface area contributed by atoms with Crippen molar-refractivity contribution >= 4 is 53.2 Å². The minimum Gasteiger partial charge on any atom is -0.867 e. The summed E-state index contributed by atoms with van der Waals surface area (Å²) in [6.07, 6.45) is 1.11. The SMILES string of the molecule is Cc1cc(Cc2cc(C)c(O)c(Cc3ccc(OS(=O)(=O)c4cccc5c([O-])c([N+]#N)ccc45)cc3)c2C)c(C)c(Cc2ccc(OS(=O)(=O)c3cccc4c([O-])c([N+]#N)ccc34)cc2)c1O. The van der Waals surface area contributed by atoms with Gasteiger partial charge in [0, 0.05) is 46.9 Å². The number of benzene rings is 8. The molecule has 0 aromatic heterocycles. The molecule has 14 nitrogen and oxygen atoms in total. The molecule has 0 aliphatic heterocycles. The standard InChI is InChI=1S/C51H40N4O10S2/c1-28-23-34(30(3)42(48(28)56)25-32-11-15-36(16-12-32)64-66(60,61)46-9-5-7-40-38(46)19-21-44(54-52)50(40)58)27-35-24-29(2)49(57)43(31(35)4)26-33-13-17-37(18-14-33)65-67(62,63)47-10-6-8-41-39(47)20-22-45(55-53)51(41)59/h5-24H,25-27H2,1-4H3,(H2-2,56,57,58,59). The fourth-order valence-corrected chi connectivity index (χ4v) is 10.6. The third kappa shape index (κ3) is 8.71. The zero-order valence-corrected chi connectivity index (χ0v) is 38.1. The normalized spacial score (nSPS) is 11.6. The number of rotatable bonds is 12. The summed E-state index contributed by atoms with van der Waals surface area (Å²) in [5.41, 5.74) is 7.44. The van der Waals surface area contributed by atoms with Crippen LogP contribution >= 0.6 is 0 Å². The molecule has 67 heavy (non-hydrogen) atoms. The van der Waals surface area contributed by atoms with Gasteiger partial charge in [-0.2, -0.15) is 16.8 Å². The predicted octanol–water partition coefficient (Wildman–Crippen LogP) is 10.1. The van der Waals surface area contributed by atoms with Crippen molar-refractivity contribution in [2.24, 2.45) is 0 Å². The van der Waals surface area contributed by atoms with E-state index >= 15 is 0 Å². The highest BCUT2D eigenvalue weighted by Gasteiger charge is 2.25. The number of nitrogens with zero attached hydrogens (tertiary/aromatic N) is 4. The van der Waals surface area contributed by atoms with Gasteiger partial charge < -0.3 is 28.8 Å². The molecular weight excluding hydrogens is 893 g/mol. The second-order valence-corrected chi connectivity index (χ2v) is 19.3. The first-order valence-corrected chi connectivity index (χ1v) is 23.6. The van der Waals surface area contributed by atoms with Crippen molar-refractivity contribution in [2.75, 3.05) is 0 Å². The number of diazo groups is 2. The number of fused-ring (bicyclic) bond motifs is 2. The first-order valence-electron chi connectivity index (χ1n) is 20.7. The lowest BCUT2D eigenvalue weighted by atomic mass is 9.87. The average Bonchev–Trinajstić information content (AvgIpc) is 3.31. The number of phenolic OH excluding ortho intramolecular Hbond substituents is 2. The Balaban J connectivity index is 0.991. The van der Waals surface area contributed by atoms with E-state index in [-0.39, 0.29) is 65.7 Å². The highest BCUT2D eigenvalue weighted by Crippen LogP contribution is 2.39. The molecule has 0 radical (unpaired) electrons. The van der Waals surface area contributed by atoms with Crippen molar-refractivity contribution in [1.82, 2.24) is 0 Å². The third-order valence-corrected chi connectivity index (χ3v) is 14.6. The van der Waals surface area contributed by atoms with Crippen LogP contribution in [0.2, 0.25) is 0 Å². The van der Waals surface area contributed by atoms with Gasteiger partial charge in [0.05, 0.1) is 0 Å². The summed E-state index contributed by atoms with van der Waals surface area (Å²) < 4.78 is 64.6. The number of hydrogen-bond donors (Lipinski definition) is 2. The van der Waals surface area contributed by atoms with Crippen molar-refractivity contribution in [2.45, 2.75) is 56.7 Å². The summed E-state index contributed by atoms with van der Waals surface area (Å²) >= 11 is 0. The van der Waals surface area contributed by atoms with Gasteiger partial charge in [0.15, 0.2) is 9.95 Å². The van der Waals surface area contributed by atoms with Crippen LogP contribution in [0.4, 0.5) is 11.4 Å². The summed E-state index contributed by atoms with van der Waals surface area (Å²) in [5.74, 6) is -0.899. The van der Waals surface area contributed by atoms with Crippen LogP contribution in [0, 0.1) is 38.5 Å². The fraction of sp³-hybridized carbons (Fsp3) is 0.137. The van der Waals surface area contributed by atoms with E-state index in [4.69, 9.17) is 19.2 Å². The van der Waals surface area contributed by atoms with Crippen LogP contribution in [0.1, 0.15) is 55.6 Å². The molecule has 0 amide bonds. The molecule has 0 saturated carbocycles. The zero-order chi connectivity index (χ0) is 47.9. The van der Waals surface area contributed by atoms with Crippen molar-refractivity contribution in [1.29, 1.82) is 10.8 Å². The Bertz CT molecular complexity index is 3400. The molecule has 0 atom stereocenters. The Kier molecular flexibility index (Phi) is 12.0. The largest absolute Gasteiger partial charge is 0.867 e. The highest BCUT2D eigenvalue weighted by atomic mass is 32.2. The second kappa shape index (κ2) is 17.7. The molecule has 8 aromatic carbocycles. The lowest BCUT2D eigenvalue weighted by Gasteiger charge is -2.20. The first kappa shape index (κ1) is 45.4. The molecule has 2 N–H and O–H groups in total. The molecular formula is C51H40N4O10S2. The van der Waals surface area contributed by atoms with Crippen LogP contribution in [0.5, 0.6) is 34.5 Å². The number of phenols is 2. The Hall–Kier alpha value is -8.18. The maximum absolute atomic E-state index is 13.4. The highest BCUT2D eigenvalue weighted by molar-refractivity contribution is 7.87. The molecule has 0 bridgehead atoms. The van der Waals surface area contributed by atoms with E-state index in [9.17, 15) is 37.3 Å². The van der Waals surface area contributed by atoms with Crippen LogP contribution < -0.4 is 18.6 Å². The van der Waals surface area contributed by atoms with Crippen LogP contribution in [-0.2, 0) is 39.5 Å². The smallest absolute Gasteiger partial charge is 0.378 e. The predicted molar refractivity (Wildman–Crippen MR) is 248 cm³/mol. The van der Waals surface area contributed by atoms with Crippen molar-refractivity contribution in [3.05, 3.63) is 187 Å². The van der Waals surface area contributed by atoms with Gasteiger partial charge >= 0.3 is 31.6 Å². The van der Waals surface area contributed by atoms with E-state index in [0.29, 0.717) is 41.5 Å². The Morgan fingerprint density at radius 2 is 0.881 bits per heavy atom. The second-order valence-electron chi connectivity index (χ2n) is 16.2. The molecule has 16 heteroatoms. The van der Waals surface area contributed by atoms with Crippen LogP contribution in [0.15, 0.2) is 131 Å². The van der Waals surface area contributed by atoms with E-state index < -0.39 is 31.7 Å². The van der Waals surface area contributed by atoms with E-state index in [2.05, 4.69) is 9.95 Å². The summed E-state index contributed by atoms with van der Waals surface area (Å²) in [6.45, 7) is 7.50. The average molecular weight is 933 g/mol. The lowest BCUT2D eigenvalue weighted by Crippen LogP contribution is -2.10. The third-order valence-electron chi connectivity index (χ3n) is 12.0. The summed E-state index contributed by atoms with van der Waals surface area (Å²) in [6, 6.07) is 30.3. The first-order chi connectivity index (χ1) is 31.9. The number of hydrogen-bond acceptors (Lipinski definition) is 12. The molecule has 0 heterocycles. The molecule has 8 aromatic rings. The van der Waals surface area contributed by atoms with Gasteiger partial charge in [0.25, 0.3) is 0 Å². The maximum Gasteiger partial charge on any atom is 0.378 e. The molecule has 0 spiro atoms. The van der Waals surface area contributed by atoms with E-state index in [1.54, 1.807) is 24.3 Å². The molecule has 8 rings (SSSR count). The van der Waals surface area contributed by atoms with Gasteiger partial charge in [-0.25, -0.2) is 0 Å². The lowest BCUT2D eigenvalue weighted by molar-refractivity contribution is -0.265. The van der Waals surface area contributed by atoms with Crippen molar-refractivity contribution < 1.29 is 45.6 Å². The van der Waals surface area contributed by atoms with Crippen LogP contribution in [-0.4, -0.2) is 27.0 Å². The Morgan fingerprint density at radius 1 is 0.507 bits per heavy atom. The van der Waals surface area contributed by atoms with E-state index in [0.717, 1.165) is 33.4 Å². The number of aryl methyl sites for hydroxylation is 2. The van der Waals surface area contributed by atoms with Crippen molar-refractivity contribution in [3.8, 4) is 34.5 Å². The molecule has 0 fully saturated rings. The van der Waals surface area contributed by atoms with Gasteiger partial charge in [0.1, 0.15) is 32.8 Å². The van der Waals surface area contributed by atoms with Crippen LogP contribution in [0.3, 0.4) is 0 Å². The maximum atomic E-state index is 13.4. The van der Waals surface area contributed by atoms with E-state index in [1.807, 2.05) is 39.8 Å². The minimum absolute atomic E-state index is 0.0381. The van der Waals surface area contributed by atoms with Gasteiger partial charge in [-0.15, -0.1) is 0 Å². The summed E-state index contributed by atoms with van der Waals surface area (Å²) in [5, 5.41) is 66.5. The zero-order valence-electron chi connectivity index (χ0n) is 36.4. The molecule has 0 aliphatic carbocycles. The van der Waals surface area contributed by atoms with Gasteiger partial charge in [0.2, 0.25) is 10.8 Å². The Labute approximate surface area is 386 Å². The topological polar surface area (TPSA) is 230 Å². The van der Waals surface area contributed by atoms with Crippen molar-refractivity contribution in [3.63, 3.8) is 0 Å². The van der Waals surface area contributed by atoms with Crippen LogP contribution in [0.25, 0.3) is 31.5 Å². The molecule has 0 aliphatic rings. The molecule has 336 valence electrons. The van der Waals surface area contributed by atoms with Gasteiger partial charge in [-0.1, -0.05) is 60.7 Å². The Morgan fingerprint density at radius 3 is 1.24 bits per heavy atom. The summed E-state index contributed by atoms with van der Waals surface area (Å²) in [4.78, 5) is 5.49. The monoisotopic (exact) mass is 932 g/mol. The minimum atomic E-state index is -4.39. The van der Waals surface area contributed by atoms with Gasteiger partial charge in [-0.05, 0) is 149 Å². The van der Waals surface area contributed by atoms with E-state index in [1.165, 1.54) is 84.9 Å². The molecule has 0 saturated heterocycles. The molecule has 0 unspecified atom stereocenters. The fourth-order valence-electron chi connectivity index (χ4n) is 8.35. The van der Waals surface area contributed by atoms with Gasteiger partial charge in [-0.3, -0.25) is 0 Å². The quantitative estimate of drug-likeness (QED) is 0.0861.